The number of rotatable bonds is 6. The van der Waals surface area contributed by atoms with E-state index in [-0.39, 0.29) is 0 Å². The normalized spacial score (nSPS) is 11.7. The van der Waals surface area contributed by atoms with Gasteiger partial charge in [-0.15, -0.1) is 11.3 Å². The third-order valence-corrected chi connectivity index (χ3v) is 13.0. The lowest BCUT2D eigenvalue weighted by atomic mass is 9.96. The molecular formula is C56H35NOS. The first-order valence-electron chi connectivity index (χ1n) is 20.1. The summed E-state index contributed by atoms with van der Waals surface area (Å²) in [4.78, 5) is 2.48. The first kappa shape index (κ1) is 33.7. The van der Waals surface area contributed by atoms with E-state index in [1.54, 1.807) is 0 Å². The molecule has 2 nitrogen and oxygen atoms in total. The van der Waals surface area contributed by atoms with Crippen LogP contribution < -0.4 is 4.90 Å². The van der Waals surface area contributed by atoms with Gasteiger partial charge in [-0.2, -0.15) is 0 Å². The van der Waals surface area contributed by atoms with Crippen molar-refractivity contribution >= 4 is 92.1 Å². The lowest BCUT2D eigenvalue weighted by Gasteiger charge is -2.28. The molecule has 0 radical (unpaired) electrons. The zero-order chi connectivity index (χ0) is 38.9. The lowest BCUT2D eigenvalue weighted by molar-refractivity contribution is 0.670. The first-order valence-corrected chi connectivity index (χ1v) is 20.9. The number of anilines is 3. The zero-order valence-electron chi connectivity index (χ0n) is 32.0. The molecule has 0 atom stereocenters. The molecule has 0 saturated carbocycles. The van der Waals surface area contributed by atoms with Gasteiger partial charge in [0.05, 0.1) is 16.8 Å². The van der Waals surface area contributed by atoms with Crippen molar-refractivity contribution in [2.45, 2.75) is 0 Å². The molecule has 2 aromatic heterocycles. The summed E-state index contributed by atoms with van der Waals surface area (Å²) in [5.41, 5.74) is 11.9. The molecule has 0 N–H and O–H groups in total. The summed E-state index contributed by atoms with van der Waals surface area (Å²) in [6.07, 6.45) is 0. The van der Waals surface area contributed by atoms with Crippen LogP contribution in [-0.2, 0) is 0 Å². The van der Waals surface area contributed by atoms with Crippen molar-refractivity contribution in [2.24, 2.45) is 0 Å². The number of thiophene rings is 1. The molecule has 0 fully saturated rings. The van der Waals surface area contributed by atoms with Gasteiger partial charge in [-0.25, -0.2) is 0 Å². The van der Waals surface area contributed by atoms with Crippen LogP contribution in [0.15, 0.2) is 217 Å². The van der Waals surface area contributed by atoms with Gasteiger partial charge in [0.15, 0.2) is 0 Å². The fourth-order valence-electron chi connectivity index (χ4n) is 9.05. The van der Waals surface area contributed by atoms with Gasteiger partial charge >= 0.3 is 0 Å². The van der Waals surface area contributed by atoms with E-state index in [0.717, 1.165) is 50.1 Å². The highest BCUT2D eigenvalue weighted by molar-refractivity contribution is 7.26. The highest BCUT2D eigenvalue weighted by atomic mass is 32.1. The predicted molar refractivity (Wildman–Crippen MR) is 253 cm³/mol. The molecule has 0 spiro atoms. The number of furan rings is 1. The van der Waals surface area contributed by atoms with E-state index in [0.29, 0.717) is 0 Å². The van der Waals surface area contributed by atoms with Gasteiger partial charge in [0.2, 0.25) is 0 Å². The Hall–Kier alpha value is -7.46. The maximum absolute atomic E-state index is 6.85. The van der Waals surface area contributed by atoms with Gasteiger partial charge in [0, 0.05) is 36.8 Å². The molecule has 0 amide bonds. The van der Waals surface area contributed by atoms with Crippen LogP contribution in [0.3, 0.4) is 0 Å². The molecule has 0 bridgehead atoms. The van der Waals surface area contributed by atoms with E-state index in [1.807, 2.05) is 11.3 Å². The Morgan fingerprint density at radius 2 is 1.00 bits per heavy atom. The van der Waals surface area contributed by atoms with Crippen molar-refractivity contribution in [2.75, 3.05) is 4.90 Å². The van der Waals surface area contributed by atoms with Gasteiger partial charge in [0.1, 0.15) is 11.2 Å². The Bertz CT molecular complexity index is 3550. The summed E-state index contributed by atoms with van der Waals surface area (Å²) < 4.78 is 9.37. The summed E-state index contributed by atoms with van der Waals surface area (Å²) in [6, 6.07) is 77.0. The second-order valence-electron chi connectivity index (χ2n) is 15.2. The van der Waals surface area contributed by atoms with Crippen LogP contribution in [0.25, 0.3) is 97.0 Å². The Kier molecular flexibility index (Phi) is 7.75. The largest absolute Gasteiger partial charge is 0.455 e. The van der Waals surface area contributed by atoms with Crippen molar-refractivity contribution in [1.29, 1.82) is 0 Å². The van der Waals surface area contributed by atoms with E-state index in [2.05, 4.69) is 217 Å². The number of fused-ring (bicyclic) bond motifs is 9. The van der Waals surface area contributed by atoms with Gasteiger partial charge in [-0.3, -0.25) is 0 Å². The Balaban J connectivity index is 1.12. The number of para-hydroxylation sites is 1. The van der Waals surface area contributed by atoms with Crippen molar-refractivity contribution in [3.63, 3.8) is 0 Å². The SMILES string of the molecule is c1ccc(-c2cc(N(c3ccc(-c4ccc5c(ccc6ccccc65)c4)cc3)c3ccc(-c4ccccc4)c4oc5ccccc5c34)c3c(c2)sc2ccccc23)cc1. The van der Waals surface area contributed by atoms with Crippen LogP contribution in [0.4, 0.5) is 17.1 Å². The number of nitrogens with zero attached hydrogens (tertiary/aromatic N) is 1. The molecule has 12 rings (SSSR count). The van der Waals surface area contributed by atoms with Crippen molar-refractivity contribution in [3.05, 3.63) is 212 Å². The van der Waals surface area contributed by atoms with E-state index in [4.69, 9.17) is 4.42 Å². The van der Waals surface area contributed by atoms with Crippen LogP contribution in [0.2, 0.25) is 0 Å². The predicted octanol–water partition coefficient (Wildman–Crippen LogP) is 16.7. The standard InChI is InChI=1S/C56H35NOS/c1-3-13-36(14-4-1)42-34-50(54-48-20-10-12-22-52(48)59-53(54)35-42)57(49-32-31-46(38-15-5-2-6-16-38)56-55(49)47-19-9-11-21-51(47)58-56)43-28-25-37(26-29-43)40-27-30-45-41(33-40)24-23-39-17-7-8-18-44(39)45/h1-35H. The minimum Gasteiger partial charge on any atom is -0.455 e. The molecule has 0 unspecified atom stereocenters. The maximum atomic E-state index is 6.85. The molecular weight excluding hydrogens is 735 g/mol. The van der Waals surface area contributed by atoms with E-state index in [1.165, 1.54) is 64.0 Å². The van der Waals surface area contributed by atoms with Crippen LogP contribution in [-0.4, -0.2) is 0 Å². The highest BCUT2D eigenvalue weighted by Crippen LogP contribution is 2.51. The van der Waals surface area contributed by atoms with Crippen LogP contribution >= 0.6 is 11.3 Å². The smallest absolute Gasteiger partial charge is 0.145 e. The van der Waals surface area contributed by atoms with Gasteiger partial charge < -0.3 is 9.32 Å². The Morgan fingerprint density at radius 3 is 1.83 bits per heavy atom. The molecule has 12 aromatic rings. The molecule has 2 heterocycles. The summed E-state index contributed by atoms with van der Waals surface area (Å²) in [5.74, 6) is 0. The molecule has 10 aromatic carbocycles. The summed E-state index contributed by atoms with van der Waals surface area (Å²) in [7, 11) is 0. The van der Waals surface area contributed by atoms with Crippen molar-refractivity contribution < 1.29 is 4.42 Å². The molecule has 0 aliphatic carbocycles. The fourth-order valence-corrected chi connectivity index (χ4v) is 10.2. The molecule has 0 aliphatic heterocycles. The third kappa shape index (κ3) is 5.55. The average Bonchev–Trinajstić information content (AvgIpc) is 3.89. The minimum atomic E-state index is 0.871. The topological polar surface area (TPSA) is 16.4 Å². The lowest BCUT2D eigenvalue weighted by Crippen LogP contribution is -2.11. The summed E-state index contributed by atoms with van der Waals surface area (Å²) in [6.45, 7) is 0. The molecule has 276 valence electrons. The summed E-state index contributed by atoms with van der Waals surface area (Å²) >= 11 is 1.86. The molecule has 3 heteroatoms. The fraction of sp³-hybridized carbons (Fsp3) is 0. The third-order valence-electron chi connectivity index (χ3n) is 11.8. The Labute approximate surface area is 345 Å². The molecule has 0 saturated heterocycles. The van der Waals surface area contributed by atoms with Crippen LogP contribution in [0.1, 0.15) is 0 Å². The number of hydrogen-bond acceptors (Lipinski definition) is 3. The molecule has 59 heavy (non-hydrogen) atoms. The summed E-state index contributed by atoms with van der Waals surface area (Å²) in [5, 5.41) is 9.73. The first-order chi connectivity index (χ1) is 29.2. The second kappa shape index (κ2) is 13.6. The monoisotopic (exact) mass is 769 g/mol. The van der Waals surface area contributed by atoms with Crippen molar-refractivity contribution in [1.82, 2.24) is 0 Å². The second-order valence-corrected chi connectivity index (χ2v) is 16.3. The Morgan fingerprint density at radius 1 is 0.356 bits per heavy atom. The van der Waals surface area contributed by atoms with Gasteiger partial charge in [-0.1, -0.05) is 158 Å². The average molecular weight is 770 g/mol. The maximum Gasteiger partial charge on any atom is 0.145 e. The van der Waals surface area contributed by atoms with E-state index >= 15 is 0 Å². The van der Waals surface area contributed by atoms with Gasteiger partial charge in [-0.05, 0) is 104 Å². The van der Waals surface area contributed by atoms with Crippen LogP contribution in [0, 0.1) is 0 Å². The highest BCUT2D eigenvalue weighted by Gasteiger charge is 2.25. The van der Waals surface area contributed by atoms with E-state index in [9.17, 15) is 0 Å². The van der Waals surface area contributed by atoms with E-state index < -0.39 is 0 Å². The number of hydrogen-bond donors (Lipinski definition) is 0. The molecule has 0 aliphatic rings. The van der Waals surface area contributed by atoms with Gasteiger partial charge in [0.25, 0.3) is 0 Å². The zero-order valence-corrected chi connectivity index (χ0v) is 32.8. The quantitative estimate of drug-likeness (QED) is 0.157. The van der Waals surface area contributed by atoms with Crippen LogP contribution in [0.5, 0.6) is 0 Å². The van der Waals surface area contributed by atoms with Crippen molar-refractivity contribution in [3.8, 4) is 33.4 Å². The number of benzene rings is 10. The minimum absolute atomic E-state index is 0.871.